The van der Waals surface area contributed by atoms with Gasteiger partial charge in [0.2, 0.25) is 5.91 Å². The summed E-state index contributed by atoms with van der Waals surface area (Å²) >= 11 is 0. The molecular formula is C17H27N3O. The third kappa shape index (κ3) is 4.83. The van der Waals surface area contributed by atoms with Crippen molar-refractivity contribution in [3.8, 4) is 0 Å². The molecule has 1 fully saturated rings. The second-order valence-electron chi connectivity index (χ2n) is 6.39. The molecule has 2 rings (SSSR count). The molecule has 2 unspecified atom stereocenters. The van der Waals surface area contributed by atoms with Crippen molar-refractivity contribution < 1.29 is 4.79 Å². The van der Waals surface area contributed by atoms with Crippen molar-refractivity contribution in [1.29, 1.82) is 0 Å². The number of nitrogens with zero attached hydrogens (tertiary/aromatic N) is 1. The maximum absolute atomic E-state index is 11.9. The van der Waals surface area contributed by atoms with Crippen LogP contribution in [0, 0.1) is 11.8 Å². The molecule has 2 atom stereocenters. The zero-order valence-electron chi connectivity index (χ0n) is 13.1. The first-order valence-electron chi connectivity index (χ1n) is 7.86. The predicted octanol–water partition coefficient (Wildman–Crippen LogP) is 1.61. The van der Waals surface area contributed by atoms with Gasteiger partial charge in [-0.3, -0.25) is 9.69 Å². The van der Waals surface area contributed by atoms with Crippen LogP contribution in [0.3, 0.4) is 0 Å². The Kier molecular flexibility index (Phi) is 5.76. The highest BCUT2D eigenvalue weighted by atomic mass is 16.2. The standard InChI is InChI=1S/C17H27N3O/c1-13(2)16(18)17(21)19-10-15-8-9-20(12-15)11-14-6-4-3-5-7-14/h3-7,13,15-16H,8-12,18H2,1-2H3,(H,19,21). The van der Waals surface area contributed by atoms with Crippen LogP contribution < -0.4 is 11.1 Å². The van der Waals surface area contributed by atoms with E-state index in [4.69, 9.17) is 5.73 Å². The Morgan fingerprint density at radius 2 is 2.10 bits per heavy atom. The SMILES string of the molecule is CC(C)C(N)C(=O)NCC1CCN(Cc2ccccc2)C1. The Morgan fingerprint density at radius 3 is 2.76 bits per heavy atom. The number of hydrogen-bond donors (Lipinski definition) is 2. The van der Waals surface area contributed by atoms with Gasteiger partial charge < -0.3 is 11.1 Å². The van der Waals surface area contributed by atoms with Gasteiger partial charge in [-0.05, 0) is 30.4 Å². The van der Waals surface area contributed by atoms with Crippen molar-refractivity contribution in [1.82, 2.24) is 10.2 Å². The second-order valence-corrected chi connectivity index (χ2v) is 6.39. The third-order valence-corrected chi connectivity index (χ3v) is 4.20. The number of hydrogen-bond acceptors (Lipinski definition) is 3. The Labute approximate surface area is 127 Å². The van der Waals surface area contributed by atoms with Gasteiger partial charge in [-0.25, -0.2) is 0 Å². The van der Waals surface area contributed by atoms with Crippen LogP contribution in [0.25, 0.3) is 0 Å². The largest absolute Gasteiger partial charge is 0.354 e. The van der Waals surface area contributed by atoms with Crippen molar-refractivity contribution in [2.24, 2.45) is 17.6 Å². The Hall–Kier alpha value is -1.39. The molecule has 1 aliphatic heterocycles. The smallest absolute Gasteiger partial charge is 0.237 e. The molecule has 1 aromatic rings. The van der Waals surface area contributed by atoms with Crippen LogP contribution in [0.15, 0.2) is 30.3 Å². The van der Waals surface area contributed by atoms with E-state index in [0.717, 1.165) is 32.6 Å². The molecule has 1 saturated heterocycles. The van der Waals surface area contributed by atoms with Crippen LogP contribution in [-0.4, -0.2) is 36.5 Å². The monoisotopic (exact) mass is 289 g/mol. The maximum Gasteiger partial charge on any atom is 0.237 e. The molecule has 4 nitrogen and oxygen atoms in total. The molecule has 0 aromatic heterocycles. The number of rotatable bonds is 6. The van der Waals surface area contributed by atoms with Gasteiger partial charge in [-0.1, -0.05) is 44.2 Å². The quantitative estimate of drug-likeness (QED) is 0.836. The molecule has 0 radical (unpaired) electrons. The summed E-state index contributed by atoms with van der Waals surface area (Å²) in [5.74, 6) is 0.701. The first-order valence-corrected chi connectivity index (χ1v) is 7.86. The van der Waals surface area contributed by atoms with Gasteiger partial charge in [0.1, 0.15) is 0 Å². The van der Waals surface area contributed by atoms with Crippen molar-refractivity contribution in [3.63, 3.8) is 0 Å². The van der Waals surface area contributed by atoms with Gasteiger partial charge in [-0.2, -0.15) is 0 Å². The normalized spacial score (nSPS) is 20.7. The summed E-state index contributed by atoms with van der Waals surface area (Å²) in [6, 6.07) is 10.1. The fourth-order valence-corrected chi connectivity index (χ4v) is 2.73. The van der Waals surface area contributed by atoms with Crippen LogP contribution in [0.5, 0.6) is 0 Å². The van der Waals surface area contributed by atoms with Gasteiger partial charge in [0.25, 0.3) is 0 Å². The van der Waals surface area contributed by atoms with E-state index in [1.165, 1.54) is 5.56 Å². The van der Waals surface area contributed by atoms with Crippen LogP contribution >= 0.6 is 0 Å². The minimum atomic E-state index is -0.396. The van der Waals surface area contributed by atoms with E-state index < -0.39 is 6.04 Å². The summed E-state index contributed by atoms with van der Waals surface area (Å²) in [6.07, 6.45) is 1.14. The Morgan fingerprint density at radius 1 is 1.38 bits per heavy atom. The van der Waals surface area contributed by atoms with Gasteiger partial charge in [0.15, 0.2) is 0 Å². The lowest BCUT2D eigenvalue weighted by molar-refractivity contribution is -0.123. The Balaban J connectivity index is 1.72. The highest BCUT2D eigenvalue weighted by Crippen LogP contribution is 2.18. The molecule has 0 aliphatic carbocycles. The fraction of sp³-hybridized carbons (Fsp3) is 0.588. The number of carbonyl (C=O) groups is 1. The van der Waals surface area contributed by atoms with Crippen LogP contribution in [0.4, 0.5) is 0 Å². The van der Waals surface area contributed by atoms with E-state index in [-0.39, 0.29) is 11.8 Å². The lowest BCUT2D eigenvalue weighted by Crippen LogP contribution is -2.45. The van der Waals surface area contributed by atoms with E-state index in [0.29, 0.717) is 5.92 Å². The summed E-state index contributed by atoms with van der Waals surface area (Å²) < 4.78 is 0. The van der Waals surface area contributed by atoms with E-state index in [9.17, 15) is 4.79 Å². The molecule has 0 spiro atoms. The minimum Gasteiger partial charge on any atom is -0.354 e. The first-order chi connectivity index (χ1) is 10.1. The molecule has 116 valence electrons. The van der Waals surface area contributed by atoms with Crippen LogP contribution in [-0.2, 0) is 11.3 Å². The summed E-state index contributed by atoms with van der Waals surface area (Å²) in [7, 11) is 0. The van der Waals surface area contributed by atoms with E-state index >= 15 is 0 Å². The molecule has 1 amide bonds. The van der Waals surface area contributed by atoms with Crippen molar-refractivity contribution in [2.75, 3.05) is 19.6 Å². The summed E-state index contributed by atoms with van der Waals surface area (Å²) in [5, 5.41) is 3.00. The highest BCUT2D eigenvalue weighted by molar-refractivity contribution is 5.81. The van der Waals surface area contributed by atoms with Crippen molar-refractivity contribution in [3.05, 3.63) is 35.9 Å². The lowest BCUT2D eigenvalue weighted by atomic mass is 10.0. The van der Waals surface area contributed by atoms with E-state index in [1.807, 2.05) is 19.9 Å². The molecule has 0 saturated carbocycles. The molecule has 1 aliphatic rings. The van der Waals surface area contributed by atoms with Gasteiger partial charge in [-0.15, -0.1) is 0 Å². The first kappa shape index (κ1) is 16.0. The Bertz CT molecular complexity index is 447. The molecule has 21 heavy (non-hydrogen) atoms. The summed E-state index contributed by atoms with van der Waals surface area (Å²) in [5.41, 5.74) is 7.20. The van der Waals surface area contributed by atoms with E-state index in [2.05, 4.69) is 34.5 Å². The number of likely N-dealkylation sites (tertiary alicyclic amines) is 1. The number of nitrogens with one attached hydrogen (secondary N) is 1. The summed E-state index contributed by atoms with van der Waals surface area (Å²) in [4.78, 5) is 14.3. The molecule has 3 N–H and O–H groups in total. The molecule has 1 heterocycles. The van der Waals surface area contributed by atoms with Gasteiger partial charge >= 0.3 is 0 Å². The second kappa shape index (κ2) is 7.57. The lowest BCUT2D eigenvalue weighted by Gasteiger charge is -2.18. The van der Waals surface area contributed by atoms with Crippen molar-refractivity contribution in [2.45, 2.75) is 32.9 Å². The topological polar surface area (TPSA) is 58.4 Å². The molecule has 1 aromatic carbocycles. The number of benzene rings is 1. The average Bonchev–Trinajstić information content (AvgIpc) is 2.92. The average molecular weight is 289 g/mol. The zero-order valence-corrected chi connectivity index (χ0v) is 13.1. The van der Waals surface area contributed by atoms with Gasteiger partial charge in [0, 0.05) is 19.6 Å². The van der Waals surface area contributed by atoms with Gasteiger partial charge in [0.05, 0.1) is 6.04 Å². The van der Waals surface area contributed by atoms with Crippen molar-refractivity contribution >= 4 is 5.91 Å². The molecule has 0 bridgehead atoms. The van der Waals surface area contributed by atoms with Crippen LogP contribution in [0.2, 0.25) is 0 Å². The fourth-order valence-electron chi connectivity index (χ4n) is 2.73. The predicted molar refractivity (Wildman–Crippen MR) is 85.6 cm³/mol. The zero-order chi connectivity index (χ0) is 15.2. The van der Waals surface area contributed by atoms with Crippen LogP contribution in [0.1, 0.15) is 25.8 Å². The minimum absolute atomic E-state index is 0.0218. The number of nitrogens with two attached hydrogens (primary N) is 1. The number of amides is 1. The molecule has 4 heteroatoms. The van der Waals surface area contributed by atoms with E-state index in [1.54, 1.807) is 0 Å². The maximum atomic E-state index is 11.9. The summed E-state index contributed by atoms with van der Waals surface area (Å²) in [6.45, 7) is 7.84. The number of carbonyl (C=O) groups excluding carboxylic acids is 1. The highest BCUT2D eigenvalue weighted by Gasteiger charge is 2.24. The third-order valence-electron chi connectivity index (χ3n) is 4.20. The molecular weight excluding hydrogens is 262 g/mol.